The summed E-state index contributed by atoms with van der Waals surface area (Å²) in [4.78, 5) is 0. The fourth-order valence-electron chi connectivity index (χ4n) is 6.51. The number of aromatic nitrogens is 1. The van der Waals surface area contributed by atoms with Gasteiger partial charge < -0.3 is 8.98 Å². The fourth-order valence-corrected chi connectivity index (χ4v) is 6.51. The van der Waals surface area contributed by atoms with E-state index in [4.69, 9.17) is 4.42 Å². The maximum absolute atomic E-state index is 6.26. The van der Waals surface area contributed by atoms with Crippen molar-refractivity contribution in [3.63, 3.8) is 0 Å². The molecule has 0 saturated carbocycles. The van der Waals surface area contributed by atoms with Gasteiger partial charge in [0.2, 0.25) is 0 Å². The van der Waals surface area contributed by atoms with Gasteiger partial charge in [0.1, 0.15) is 11.2 Å². The van der Waals surface area contributed by atoms with E-state index in [1.807, 2.05) is 6.08 Å². The molecular formula is C43H31NO. The van der Waals surface area contributed by atoms with Crippen LogP contribution in [-0.4, -0.2) is 4.57 Å². The van der Waals surface area contributed by atoms with Crippen molar-refractivity contribution in [2.24, 2.45) is 0 Å². The molecule has 0 atom stereocenters. The highest BCUT2D eigenvalue weighted by Gasteiger charge is 2.15. The van der Waals surface area contributed by atoms with Crippen molar-refractivity contribution < 1.29 is 4.42 Å². The van der Waals surface area contributed by atoms with Crippen molar-refractivity contribution >= 4 is 55.0 Å². The zero-order chi connectivity index (χ0) is 30.3. The summed E-state index contributed by atoms with van der Waals surface area (Å²) in [7, 11) is 0. The summed E-state index contributed by atoms with van der Waals surface area (Å²) in [6.45, 7) is 6.21. The van der Waals surface area contributed by atoms with E-state index in [-0.39, 0.29) is 0 Å². The third kappa shape index (κ3) is 4.68. The van der Waals surface area contributed by atoms with Gasteiger partial charge in [0.05, 0.1) is 11.0 Å². The smallest absolute Gasteiger partial charge is 0.135 e. The van der Waals surface area contributed by atoms with Gasteiger partial charge in [-0.1, -0.05) is 110 Å². The van der Waals surface area contributed by atoms with Crippen LogP contribution < -0.4 is 0 Å². The van der Waals surface area contributed by atoms with Crippen LogP contribution in [0.3, 0.4) is 0 Å². The molecule has 45 heavy (non-hydrogen) atoms. The number of hydrogen-bond acceptors (Lipinski definition) is 1. The lowest BCUT2D eigenvalue weighted by Gasteiger charge is -2.11. The van der Waals surface area contributed by atoms with Gasteiger partial charge in [-0.25, -0.2) is 0 Å². The number of nitrogens with zero attached hydrogens (tertiary/aromatic N) is 1. The summed E-state index contributed by atoms with van der Waals surface area (Å²) in [6.07, 6.45) is 6.21. The molecule has 2 nitrogen and oxygen atoms in total. The van der Waals surface area contributed by atoms with E-state index < -0.39 is 0 Å². The molecule has 6 aromatic carbocycles. The lowest BCUT2D eigenvalue weighted by Crippen LogP contribution is -1.95. The summed E-state index contributed by atoms with van der Waals surface area (Å²) in [6, 6.07) is 49.5. The number of hydrogen-bond donors (Lipinski definition) is 0. The van der Waals surface area contributed by atoms with E-state index in [0.717, 1.165) is 38.7 Å². The minimum absolute atomic E-state index is 0.899. The molecular weight excluding hydrogens is 546 g/mol. The molecule has 2 heterocycles. The van der Waals surface area contributed by atoms with Gasteiger partial charge in [-0.2, -0.15) is 0 Å². The number of furan rings is 1. The van der Waals surface area contributed by atoms with E-state index in [9.17, 15) is 0 Å². The van der Waals surface area contributed by atoms with E-state index in [2.05, 4.69) is 170 Å². The Bertz CT molecular complexity index is 2440. The van der Waals surface area contributed by atoms with Crippen LogP contribution in [0.2, 0.25) is 0 Å². The lowest BCUT2D eigenvalue weighted by molar-refractivity contribution is 0.669. The summed E-state index contributed by atoms with van der Waals surface area (Å²) in [5.74, 6) is 0. The molecule has 0 N–H and O–H groups in total. The van der Waals surface area contributed by atoms with Gasteiger partial charge in [-0.15, -0.1) is 0 Å². The van der Waals surface area contributed by atoms with Gasteiger partial charge >= 0.3 is 0 Å². The van der Waals surface area contributed by atoms with Gasteiger partial charge in [-0.05, 0) is 94.9 Å². The first-order valence-corrected chi connectivity index (χ1v) is 15.3. The molecule has 0 spiro atoms. The Balaban J connectivity index is 1.28. The monoisotopic (exact) mass is 577 g/mol. The Labute approximate surface area is 262 Å². The number of fused-ring (bicyclic) bond motifs is 6. The molecule has 2 heteroatoms. The third-order valence-corrected chi connectivity index (χ3v) is 8.72. The molecule has 8 aromatic rings. The second-order valence-electron chi connectivity index (χ2n) is 11.5. The quantitative estimate of drug-likeness (QED) is 0.180. The molecule has 0 radical (unpaired) electrons. The van der Waals surface area contributed by atoms with Crippen molar-refractivity contribution in [2.45, 2.75) is 6.92 Å². The molecule has 0 saturated heterocycles. The minimum Gasteiger partial charge on any atom is -0.456 e. The predicted molar refractivity (Wildman–Crippen MR) is 192 cm³/mol. The highest BCUT2D eigenvalue weighted by Crippen LogP contribution is 2.38. The largest absolute Gasteiger partial charge is 0.456 e. The standard InChI is InChI=1S/C43H31NO/c1-3-12-35(25-29(2)30-13-6-4-7-14-30)44-40-18-11-10-17-36(40)37-26-33(19-22-41(37)44)34-21-24-43-39(28-34)38-27-32(20-23-42(38)45-43)31-15-8-5-9-16-31/h3-28H,1H2,2H3/b29-25+,35-12+. The van der Waals surface area contributed by atoms with E-state index >= 15 is 0 Å². The van der Waals surface area contributed by atoms with Crippen molar-refractivity contribution in [2.75, 3.05) is 0 Å². The van der Waals surface area contributed by atoms with Gasteiger partial charge in [0.15, 0.2) is 0 Å². The number of rotatable bonds is 6. The van der Waals surface area contributed by atoms with E-state index in [1.54, 1.807) is 0 Å². The average molecular weight is 578 g/mol. The van der Waals surface area contributed by atoms with Crippen LogP contribution in [0.5, 0.6) is 0 Å². The van der Waals surface area contributed by atoms with Crippen molar-refractivity contribution in [1.82, 2.24) is 4.57 Å². The van der Waals surface area contributed by atoms with E-state index in [0.29, 0.717) is 0 Å². The molecule has 0 amide bonds. The topological polar surface area (TPSA) is 18.1 Å². The number of allylic oxidation sites excluding steroid dienone is 5. The number of para-hydroxylation sites is 1. The third-order valence-electron chi connectivity index (χ3n) is 8.72. The zero-order valence-electron chi connectivity index (χ0n) is 25.1. The molecule has 0 fully saturated rings. The van der Waals surface area contributed by atoms with Crippen molar-refractivity contribution in [3.8, 4) is 22.3 Å². The molecule has 214 valence electrons. The second-order valence-corrected chi connectivity index (χ2v) is 11.5. The van der Waals surface area contributed by atoms with Gasteiger partial charge in [-0.3, -0.25) is 0 Å². The predicted octanol–water partition coefficient (Wildman–Crippen LogP) is 12.2. The normalized spacial score (nSPS) is 12.5. The Morgan fingerprint density at radius 3 is 1.80 bits per heavy atom. The Kier molecular flexibility index (Phi) is 6.54. The summed E-state index contributed by atoms with van der Waals surface area (Å²) in [5, 5.41) is 4.69. The van der Waals surface area contributed by atoms with Crippen LogP contribution in [-0.2, 0) is 0 Å². The lowest BCUT2D eigenvalue weighted by atomic mass is 9.99. The number of benzene rings is 6. The molecule has 0 aliphatic heterocycles. The Morgan fingerprint density at radius 2 is 1.11 bits per heavy atom. The maximum Gasteiger partial charge on any atom is 0.135 e. The first-order valence-electron chi connectivity index (χ1n) is 15.3. The van der Waals surface area contributed by atoms with Gasteiger partial charge in [0.25, 0.3) is 0 Å². The SMILES string of the molecule is C=C/C=C(\C=C(/C)c1ccccc1)n1c2ccccc2c2cc(-c3ccc4oc5ccc(-c6ccccc6)cc5c4c3)ccc21. The molecule has 0 aliphatic carbocycles. The first-order chi connectivity index (χ1) is 22.2. The Morgan fingerprint density at radius 1 is 0.556 bits per heavy atom. The van der Waals surface area contributed by atoms with Gasteiger partial charge in [0, 0.05) is 27.2 Å². The molecule has 8 rings (SSSR count). The fraction of sp³-hybridized carbons (Fsp3) is 0.0233. The first kappa shape index (κ1) is 26.7. The zero-order valence-corrected chi connectivity index (χ0v) is 25.1. The van der Waals surface area contributed by atoms with Crippen LogP contribution in [0.4, 0.5) is 0 Å². The summed E-state index contributed by atoms with van der Waals surface area (Å²) < 4.78 is 8.60. The molecule has 0 unspecified atom stereocenters. The average Bonchev–Trinajstić information content (AvgIpc) is 3.63. The maximum atomic E-state index is 6.26. The minimum atomic E-state index is 0.899. The second kappa shape index (κ2) is 11.0. The molecule has 0 bridgehead atoms. The van der Waals surface area contributed by atoms with Crippen LogP contribution in [0.15, 0.2) is 169 Å². The van der Waals surface area contributed by atoms with Crippen molar-refractivity contribution in [3.05, 3.63) is 170 Å². The van der Waals surface area contributed by atoms with Crippen LogP contribution >= 0.6 is 0 Å². The van der Waals surface area contributed by atoms with Crippen LogP contribution in [0, 0.1) is 0 Å². The summed E-state index contributed by atoms with van der Waals surface area (Å²) >= 11 is 0. The summed E-state index contributed by atoms with van der Waals surface area (Å²) in [5.41, 5.74) is 12.3. The molecule has 2 aromatic heterocycles. The Hall–Kier alpha value is -5.86. The van der Waals surface area contributed by atoms with Crippen molar-refractivity contribution in [1.29, 1.82) is 0 Å². The van der Waals surface area contributed by atoms with Crippen LogP contribution in [0.25, 0.3) is 77.3 Å². The van der Waals surface area contributed by atoms with Crippen LogP contribution in [0.1, 0.15) is 12.5 Å². The highest BCUT2D eigenvalue weighted by atomic mass is 16.3. The van der Waals surface area contributed by atoms with E-state index in [1.165, 1.54) is 44.1 Å². The molecule has 0 aliphatic rings. The highest BCUT2D eigenvalue weighted by molar-refractivity contribution is 6.12.